The molecular formula is C12H23N3O. The highest BCUT2D eigenvalue weighted by Crippen LogP contribution is 2.24. The van der Waals surface area contributed by atoms with E-state index in [-0.39, 0.29) is 6.10 Å². The van der Waals surface area contributed by atoms with E-state index in [0.717, 1.165) is 23.7 Å². The van der Waals surface area contributed by atoms with Crippen LogP contribution in [0.25, 0.3) is 0 Å². The van der Waals surface area contributed by atoms with E-state index in [4.69, 9.17) is 4.74 Å². The molecule has 0 aliphatic heterocycles. The van der Waals surface area contributed by atoms with Gasteiger partial charge in [0.25, 0.3) is 0 Å². The summed E-state index contributed by atoms with van der Waals surface area (Å²) in [5.74, 6) is 1.41. The Morgan fingerprint density at radius 3 is 2.38 bits per heavy atom. The Labute approximate surface area is 98.0 Å². The zero-order valence-corrected chi connectivity index (χ0v) is 11.2. The van der Waals surface area contributed by atoms with Crippen LogP contribution in [0.5, 0.6) is 5.75 Å². The molecule has 0 saturated heterocycles. The second kappa shape index (κ2) is 5.34. The molecule has 1 rings (SSSR count). The average Bonchev–Trinajstić information content (AvgIpc) is 2.43. The lowest BCUT2D eigenvalue weighted by molar-refractivity contribution is 0.149. The molecule has 1 heterocycles. The normalized spacial score (nSPS) is 13.2. The second-order valence-corrected chi connectivity index (χ2v) is 4.58. The molecule has 0 fully saturated rings. The summed E-state index contributed by atoms with van der Waals surface area (Å²) in [6.07, 6.45) is 0.187. The zero-order valence-electron chi connectivity index (χ0n) is 11.2. The van der Waals surface area contributed by atoms with Crippen LogP contribution in [-0.2, 0) is 7.05 Å². The Hall–Kier alpha value is -1.03. The molecule has 0 aliphatic rings. The number of hydrogen-bond acceptors (Lipinski definition) is 3. The number of aryl methyl sites for hydroxylation is 2. The van der Waals surface area contributed by atoms with Gasteiger partial charge in [-0.15, -0.1) is 0 Å². The fourth-order valence-corrected chi connectivity index (χ4v) is 1.69. The quantitative estimate of drug-likeness (QED) is 0.828. The van der Waals surface area contributed by atoms with Gasteiger partial charge in [-0.3, -0.25) is 4.68 Å². The van der Waals surface area contributed by atoms with E-state index in [2.05, 4.69) is 24.3 Å². The summed E-state index contributed by atoms with van der Waals surface area (Å²) in [7, 11) is 3.89. The van der Waals surface area contributed by atoms with Crippen molar-refractivity contribution in [2.24, 2.45) is 13.0 Å². The lowest BCUT2D eigenvalue weighted by atomic mass is 10.1. The molecular weight excluding hydrogens is 202 g/mol. The van der Waals surface area contributed by atoms with Gasteiger partial charge in [0.15, 0.2) is 5.75 Å². The molecule has 1 N–H and O–H groups in total. The molecule has 0 amide bonds. The van der Waals surface area contributed by atoms with Crippen molar-refractivity contribution in [2.45, 2.75) is 33.8 Å². The maximum Gasteiger partial charge on any atom is 0.163 e. The molecule has 1 aromatic heterocycles. The molecule has 4 nitrogen and oxygen atoms in total. The van der Waals surface area contributed by atoms with Crippen molar-refractivity contribution in [3.8, 4) is 5.75 Å². The van der Waals surface area contributed by atoms with Crippen LogP contribution in [0.1, 0.15) is 25.2 Å². The van der Waals surface area contributed by atoms with E-state index in [1.54, 1.807) is 0 Å². The van der Waals surface area contributed by atoms with E-state index >= 15 is 0 Å². The molecule has 0 aliphatic carbocycles. The van der Waals surface area contributed by atoms with Gasteiger partial charge in [0.2, 0.25) is 0 Å². The highest BCUT2D eigenvalue weighted by atomic mass is 16.5. The molecule has 0 radical (unpaired) electrons. The van der Waals surface area contributed by atoms with E-state index in [0.29, 0.717) is 5.92 Å². The van der Waals surface area contributed by atoms with Gasteiger partial charge in [-0.25, -0.2) is 0 Å². The fourth-order valence-electron chi connectivity index (χ4n) is 1.69. The first-order valence-electron chi connectivity index (χ1n) is 5.78. The monoisotopic (exact) mass is 225 g/mol. The lowest BCUT2D eigenvalue weighted by Gasteiger charge is -2.22. The topological polar surface area (TPSA) is 39.1 Å². The number of likely N-dealkylation sites (N-methyl/N-ethyl adjacent to an activating group) is 1. The highest BCUT2D eigenvalue weighted by Gasteiger charge is 2.19. The molecule has 1 atom stereocenters. The molecule has 4 heteroatoms. The van der Waals surface area contributed by atoms with Crippen molar-refractivity contribution in [1.82, 2.24) is 15.1 Å². The third kappa shape index (κ3) is 2.76. The Balaban J connectivity index is 2.84. The van der Waals surface area contributed by atoms with Crippen molar-refractivity contribution in [3.05, 3.63) is 11.4 Å². The first kappa shape index (κ1) is 13.0. The first-order valence-corrected chi connectivity index (χ1v) is 5.78. The van der Waals surface area contributed by atoms with Crippen molar-refractivity contribution < 1.29 is 4.74 Å². The maximum absolute atomic E-state index is 6.05. The molecule has 1 aromatic rings. The minimum absolute atomic E-state index is 0.187. The fraction of sp³-hybridized carbons (Fsp3) is 0.750. The van der Waals surface area contributed by atoms with Crippen LogP contribution >= 0.6 is 0 Å². The van der Waals surface area contributed by atoms with Gasteiger partial charge in [-0.2, -0.15) is 5.10 Å². The largest absolute Gasteiger partial charge is 0.485 e. The zero-order chi connectivity index (χ0) is 12.3. The van der Waals surface area contributed by atoms with Crippen molar-refractivity contribution in [2.75, 3.05) is 13.6 Å². The summed E-state index contributed by atoms with van der Waals surface area (Å²) >= 11 is 0. The van der Waals surface area contributed by atoms with Crippen LogP contribution < -0.4 is 10.1 Å². The minimum Gasteiger partial charge on any atom is -0.485 e. The Morgan fingerprint density at radius 1 is 1.38 bits per heavy atom. The molecule has 0 saturated carbocycles. The summed E-state index contributed by atoms with van der Waals surface area (Å²) in [4.78, 5) is 0. The number of nitrogens with zero attached hydrogens (tertiary/aromatic N) is 2. The predicted octanol–water partition coefficient (Wildman–Crippen LogP) is 1.66. The van der Waals surface area contributed by atoms with Crippen molar-refractivity contribution in [3.63, 3.8) is 0 Å². The maximum atomic E-state index is 6.05. The SMILES string of the molecule is CNCC(Oc1c(C)nn(C)c1C)C(C)C. The number of hydrogen-bond donors (Lipinski definition) is 1. The Kier molecular flexibility index (Phi) is 4.35. The van der Waals surface area contributed by atoms with Gasteiger partial charge in [-0.1, -0.05) is 13.8 Å². The smallest absolute Gasteiger partial charge is 0.163 e. The van der Waals surface area contributed by atoms with Gasteiger partial charge >= 0.3 is 0 Å². The van der Waals surface area contributed by atoms with Gasteiger partial charge in [0.1, 0.15) is 11.8 Å². The van der Waals surface area contributed by atoms with Crippen LogP contribution in [0.4, 0.5) is 0 Å². The van der Waals surface area contributed by atoms with Crippen LogP contribution in [0, 0.1) is 19.8 Å². The molecule has 0 aromatic carbocycles. The van der Waals surface area contributed by atoms with E-state index in [1.807, 2.05) is 32.6 Å². The summed E-state index contributed by atoms with van der Waals surface area (Å²) in [5, 5.41) is 7.52. The molecule has 0 bridgehead atoms. The van der Waals surface area contributed by atoms with Crippen molar-refractivity contribution >= 4 is 0 Å². The van der Waals surface area contributed by atoms with Gasteiger partial charge in [-0.05, 0) is 26.8 Å². The lowest BCUT2D eigenvalue weighted by Crippen LogP contribution is -2.34. The third-order valence-electron chi connectivity index (χ3n) is 2.86. The third-order valence-corrected chi connectivity index (χ3v) is 2.86. The second-order valence-electron chi connectivity index (χ2n) is 4.58. The van der Waals surface area contributed by atoms with Crippen LogP contribution in [0.3, 0.4) is 0 Å². The standard InChI is InChI=1S/C12H23N3O/c1-8(2)11(7-13-5)16-12-9(3)14-15(6)10(12)4/h8,11,13H,7H2,1-6H3. The number of nitrogens with one attached hydrogen (secondary N) is 1. The van der Waals surface area contributed by atoms with E-state index < -0.39 is 0 Å². The molecule has 0 spiro atoms. The van der Waals surface area contributed by atoms with Gasteiger partial charge < -0.3 is 10.1 Å². The minimum atomic E-state index is 0.187. The predicted molar refractivity (Wildman–Crippen MR) is 65.9 cm³/mol. The molecule has 92 valence electrons. The van der Waals surface area contributed by atoms with E-state index in [1.165, 1.54) is 0 Å². The number of ether oxygens (including phenoxy) is 1. The van der Waals surface area contributed by atoms with Crippen LogP contribution in [0.15, 0.2) is 0 Å². The van der Waals surface area contributed by atoms with E-state index in [9.17, 15) is 0 Å². The van der Waals surface area contributed by atoms with Crippen molar-refractivity contribution in [1.29, 1.82) is 0 Å². The Morgan fingerprint density at radius 2 is 2.00 bits per heavy atom. The average molecular weight is 225 g/mol. The Bertz CT molecular complexity index is 344. The summed E-state index contributed by atoms with van der Waals surface area (Å²) in [6.45, 7) is 9.21. The molecule has 1 unspecified atom stereocenters. The van der Waals surface area contributed by atoms with Crippen LogP contribution in [-0.4, -0.2) is 29.5 Å². The highest BCUT2D eigenvalue weighted by molar-refractivity contribution is 5.32. The summed E-state index contributed by atoms with van der Waals surface area (Å²) in [6, 6.07) is 0. The number of rotatable bonds is 5. The first-order chi connectivity index (χ1) is 7.47. The molecule has 16 heavy (non-hydrogen) atoms. The summed E-state index contributed by atoms with van der Waals surface area (Å²) in [5.41, 5.74) is 2.04. The van der Waals surface area contributed by atoms with Gasteiger partial charge in [0.05, 0.1) is 5.69 Å². The summed E-state index contributed by atoms with van der Waals surface area (Å²) < 4.78 is 7.92. The van der Waals surface area contributed by atoms with Crippen LogP contribution in [0.2, 0.25) is 0 Å². The van der Waals surface area contributed by atoms with Gasteiger partial charge in [0, 0.05) is 13.6 Å². The number of aromatic nitrogens is 2.